The number of rotatable bonds is 6. The van der Waals surface area contributed by atoms with Gasteiger partial charge < -0.3 is 10.2 Å². The first kappa shape index (κ1) is 18.6. The average molecular weight is 351 g/mol. The Kier molecular flexibility index (Phi) is 6.42. The number of amides is 1. The second-order valence-corrected chi connectivity index (χ2v) is 7.22. The summed E-state index contributed by atoms with van der Waals surface area (Å²) in [6.45, 7) is 9.63. The Balaban J connectivity index is 1.40. The van der Waals surface area contributed by atoms with Crippen LogP contribution in [-0.2, 0) is 11.2 Å². The van der Waals surface area contributed by atoms with Gasteiger partial charge in [0.25, 0.3) is 0 Å². The van der Waals surface area contributed by atoms with E-state index in [1.165, 1.54) is 11.1 Å². The van der Waals surface area contributed by atoms with Gasteiger partial charge in [0.2, 0.25) is 5.91 Å². The van der Waals surface area contributed by atoms with Gasteiger partial charge in [-0.15, -0.1) is 0 Å². The zero-order valence-corrected chi connectivity index (χ0v) is 15.9. The first-order valence-electron chi connectivity index (χ1n) is 9.46. The molecule has 0 aromatic heterocycles. The number of benzene rings is 2. The molecule has 0 radical (unpaired) electrons. The fourth-order valence-electron chi connectivity index (χ4n) is 3.45. The lowest BCUT2D eigenvalue weighted by Crippen LogP contribution is -2.49. The van der Waals surface area contributed by atoms with Gasteiger partial charge in [-0.1, -0.05) is 48.0 Å². The molecule has 0 spiro atoms. The molecule has 2 aromatic carbocycles. The summed E-state index contributed by atoms with van der Waals surface area (Å²) in [5.41, 5.74) is 4.64. The second-order valence-electron chi connectivity index (χ2n) is 7.22. The third-order valence-corrected chi connectivity index (χ3v) is 5.05. The molecule has 1 heterocycles. The van der Waals surface area contributed by atoms with Crippen LogP contribution in [0.15, 0.2) is 48.5 Å². The van der Waals surface area contributed by atoms with E-state index >= 15 is 0 Å². The second kappa shape index (κ2) is 8.97. The minimum Gasteiger partial charge on any atom is -0.325 e. The van der Waals surface area contributed by atoms with Crippen LogP contribution in [0.1, 0.15) is 16.7 Å². The Morgan fingerprint density at radius 1 is 0.962 bits per heavy atom. The number of carbonyl (C=O) groups excluding carboxylic acids is 1. The highest BCUT2D eigenvalue weighted by Gasteiger charge is 2.19. The molecule has 3 rings (SSSR count). The van der Waals surface area contributed by atoms with Crippen molar-refractivity contribution in [3.05, 3.63) is 65.2 Å². The molecule has 1 amide bonds. The number of carbonyl (C=O) groups is 1. The number of nitrogens with zero attached hydrogens (tertiary/aromatic N) is 2. The maximum atomic E-state index is 12.3. The summed E-state index contributed by atoms with van der Waals surface area (Å²) in [7, 11) is 0. The van der Waals surface area contributed by atoms with E-state index in [1.807, 2.05) is 19.1 Å². The summed E-state index contributed by atoms with van der Waals surface area (Å²) in [6, 6.07) is 16.8. The van der Waals surface area contributed by atoms with Crippen LogP contribution in [0.5, 0.6) is 0 Å². The first-order valence-corrected chi connectivity index (χ1v) is 9.46. The van der Waals surface area contributed by atoms with Crippen molar-refractivity contribution >= 4 is 11.6 Å². The molecule has 0 unspecified atom stereocenters. The van der Waals surface area contributed by atoms with Gasteiger partial charge in [-0.2, -0.15) is 0 Å². The molecule has 0 aliphatic carbocycles. The highest BCUT2D eigenvalue weighted by Crippen LogP contribution is 2.16. The Morgan fingerprint density at radius 2 is 1.65 bits per heavy atom. The highest BCUT2D eigenvalue weighted by molar-refractivity contribution is 5.93. The minimum absolute atomic E-state index is 0.0784. The van der Waals surface area contributed by atoms with E-state index in [-0.39, 0.29) is 5.91 Å². The monoisotopic (exact) mass is 351 g/mol. The van der Waals surface area contributed by atoms with Crippen molar-refractivity contribution in [3.63, 3.8) is 0 Å². The van der Waals surface area contributed by atoms with Crippen LogP contribution in [0.3, 0.4) is 0 Å². The van der Waals surface area contributed by atoms with Crippen LogP contribution < -0.4 is 5.32 Å². The number of aryl methyl sites for hydroxylation is 2. The third-order valence-electron chi connectivity index (χ3n) is 5.05. The smallest absolute Gasteiger partial charge is 0.238 e. The van der Waals surface area contributed by atoms with Crippen molar-refractivity contribution in [1.82, 2.24) is 9.80 Å². The predicted molar refractivity (Wildman–Crippen MR) is 108 cm³/mol. The maximum Gasteiger partial charge on any atom is 0.238 e. The molecular weight excluding hydrogens is 322 g/mol. The van der Waals surface area contributed by atoms with Gasteiger partial charge >= 0.3 is 0 Å². The molecule has 1 N–H and O–H groups in total. The van der Waals surface area contributed by atoms with Crippen LogP contribution in [0.2, 0.25) is 0 Å². The van der Waals surface area contributed by atoms with Gasteiger partial charge in [-0.25, -0.2) is 0 Å². The molecule has 2 aromatic rings. The van der Waals surface area contributed by atoms with Gasteiger partial charge in [0.1, 0.15) is 0 Å². The first-order chi connectivity index (χ1) is 12.6. The molecule has 0 saturated carbocycles. The summed E-state index contributed by atoms with van der Waals surface area (Å²) in [5, 5.41) is 3.05. The summed E-state index contributed by atoms with van der Waals surface area (Å²) >= 11 is 0. The number of nitrogens with one attached hydrogen (secondary N) is 1. The summed E-state index contributed by atoms with van der Waals surface area (Å²) < 4.78 is 0. The Bertz CT molecular complexity index is 721. The van der Waals surface area contributed by atoms with Gasteiger partial charge in [-0.05, 0) is 37.5 Å². The molecule has 26 heavy (non-hydrogen) atoms. The number of hydrogen-bond donors (Lipinski definition) is 1. The average Bonchev–Trinajstić information content (AvgIpc) is 2.64. The minimum atomic E-state index is 0.0784. The van der Waals surface area contributed by atoms with E-state index < -0.39 is 0 Å². The lowest BCUT2D eigenvalue weighted by atomic mass is 10.1. The molecule has 138 valence electrons. The van der Waals surface area contributed by atoms with Crippen LogP contribution in [-0.4, -0.2) is 55.0 Å². The Morgan fingerprint density at radius 3 is 2.35 bits per heavy atom. The zero-order valence-electron chi connectivity index (χ0n) is 15.9. The van der Waals surface area contributed by atoms with E-state index in [9.17, 15) is 4.79 Å². The van der Waals surface area contributed by atoms with Crippen LogP contribution in [0.4, 0.5) is 5.69 Å². The van der Waals surface area contributed by atoms with Crippen molar-refractivity contribution in [2.75, 3.05) is 44.6 Å². The number of piperazine rings is 1. The summed E-state index contributed by atoms with van der Waals surface area (Å²) in [5.74, 6) is 0.0784. The molecule has 4 heteroatoms. The summed E-state index contributed by atoms with van der Waals surface area (Å²) in [4.78, 5) is 17.1. The largest absolute Gasteiger partial charge is 0.325 e. The van der Waals surface area contributed by atoms with E-state index in [2.05, 4.69) is 58.4 Å². The molecule has 0 atom stereocenters. The van der Waals surface area contributed by atoms with E-state index in [4.69, 9.17) is 0 Å². The SMILES string of the molecule is Cc1ccc(NC(=O)CN2CCN(CCc3ccccc3)CC2)c(C)c1. The van der Waals surface area contributed by atoms with Crippen LogP contribution in [0.25, 0.3) is 0 Å². The van der Waals surface area contributed by atoms with Gasteiger partial charge in [0.05, 0.1) is 6.54 Å². The fraction of sp³-hybridized carbons (Fsp3) is 0.409. The topological polar surface area (TPSA) is 35.6 Å². The molecule has 1 saturated heterocycles. The van der Waals surface area contributed by atoms with Crippen molar-refractivity contribution in [3.8, 4) is 0 Å². The maximum absolute atomic E-state index is 12.3. The van der Waals surface area contributed by atoms with Crippen LogP contribution >= 0.6 is 0 Å². The predicted octanol–water partition coefficient (Wildman–Crippen LogP) is 3.10. The fourth-order valence-corrected chi connectivity index (χ4v) is 3.45. The summed E-state index contributed by atoms with van der Waals surface area (Å²) in [6.07, 6.45) is 1.09. The Hall–Kier alpha value is -2.17. The van der Waals surface area contributed by atoms with Crippen molar-refractivity contribution < 1.29 is 4.79 Å². The third kappa shape index (κ3) is 5.41. The Labute approximate surface area is 156 Å². The lowest BCUT2D eigenvalue weighted by Gasteiger charge is -2.34. The molecule has 1 fully saturated rings. The highest BCUT2D eigenvalue weighted by atomic mass is 16.2. The van der Waals surface area contributed by atoms with Gasteiger partial charge in [0, 0.05) is 38.4 Å². The van der Waals surface area contributed by atoms with Gasteiger partial charge in [0.15, 0.2) is 0 Å². The van der Waals surface area contributed by atoms with Crippen molar-refractivity contribution in [1.29, 1.82) is 0 Å². The van der Waals surface area contributed by atoms with E-state index in [0.717, 1.165) is 50.4 Å². The van der Waals surface area contributed by atoms with Crippen molar-refractivity contribution in [2.45, 2.75) is 20.3 Å². The molecule has 1 aliphatic heterocycles. The quantitative estimate of drug-likeness (QED) is 0.869. The number of hydrogen-bond acceptors (Lipinski definition) is 3. The standard InChI is InChI=1S/C22H29N3O/c1-18-8-9-21(19(2)16-18)23-22(26)17-25-14-12-24(13-15-25)11-10-20-6-4-3-5-7-20/h3-9,16H,10-15,17H2,1-2H3,(H,23,26). The normalized spacial score (nSPS) is 15.8. The molecule has 4 nitrogen and oxygen atoms in total. The lowest BCUT2D eigenvalue weighted by molar-refractivity contribution is -0.117. The van der Waals surface area contributed by atoms with Crippen LogP contribution in [0, 0.1) is 13.8 Å². The molecule has 0 bridgehead atoms. The van der Waals surface area contributed by atoms with E-state index in [0.29, 0.717) is 6.54 Å². The molecular formula is C22H29N3O. The van der Waals surface area contributed by atoms with E-state index in [1.54, 1.807) is 0 Å². The molecule has 1 aliphatic rings. The van der Waals surface area contributed by atoms with Crippen molar-refractivity contribution in [2.24, 2.45) is 0 Å². The number of anilines is 1. The van der Waals surface area contributed by atoms with Gasteiger partial charge in [-0.3, -0.25) is 9.69 Å². The zero-order chi connectivity index (χ0) is 18.4.